The van der Waals surface area contributed by atoms with Gasteiger partial charge in [0.05, 0.1) is 4.91 Å². The molecule has 2 heterocycles. The first-order chi connectivity index (χ1) is 10.7. The van der Waals surface area contributed by atoms with E-state index in [1.807, 2.05) is 13.0 Å². The van der Waals surface area contributed by atoms with Crippen molar-refractivity contribution in [3.8, 4) is 0 Å². The molecule has 2 aliphatic heterocycles. The summed E-state index contributed by atoms with van der Waals surface area (Å²) < 4.78 is 0. The highest BCUT2D eigenvalue weighted by Gasteiger charge is 2.34. The van der Waals surface area contributed by atoms with Gasteiger partial charge < -0.3 is 4.90 Å². The average molecular weight is 330 g/mol. The van der Waals surface area contributed by atoms with Crippen LogP contribution in [0.3, 0.4) is 0 Å². The van der Waals surface area contributed by atoms with Crippen LogP contribution in [0.25, 0.3) is 6.08 Å². The lowest BCUT2D eigenvalue weighted by Gasteiger charge is -2.45. The third-order valence-electron chi connectivity index (χ3n) is 4.95. The Bertz CT molecular complexity index is 737. The lowest BCUT2D eigenvalue weighted by atomic mass is 9.79. The first-order valence-electron chi connectivity index (χ1n) is 7.82. The number of anilines is 1. The fourth-order valence-electron chi connectivity index (χ4n) is 3.45. The van der Waals surface area contributed by atoms with Crippen molar-refractivity contribution in [1.29, 1.82) is 0 Å². The first kappa shape index (κ1) is 16.1. The SMILES string of the molecule is Cc1cc2c(cc1/C=C1\SC(=O)NC1=O)C(C)CC(C)(C)N2C. The van der Waals surface area contributed by atoms with E-state index in [0.717, 1.165) is 29.3 Å². The number of aryl methyl sites for hydroxylation is 1. The van der Waals surface area contributed by atoms with Crippen molar-refractivity contribution < 1.29 is 9.59 Å². The van der Waals surface area contributed by atoms with Gasteiger partial charge in [0, 0.05) is 18.3 Å². The molecule has 1 unspecified atom stereocenters. The maximum atomic E-state index is 11.8. The molecule has 122 valence electrons. The summed E-state index contributed by atoms with van der Waals surface area (Å²) in [7, 11) is 2.14. The summed E-state index contributed by atoms with van der Waals surface area (Å²) in [6, 6.07) is 4.36. The van der Waals surface area contributed by atoms with Crippen LogP contribution in [0.15, 0.2) is 17.0 Å². The normalized spacial score (nSPS) is 24.8. The number of carbonyl (C=O) groups is 2. The highest BCUT2D eigenvalue weighted by molar-refractivity contribution is 8.18. The van der Waals surface area contributed by atoms with Crippen molar-refractivity contribution in [3.63, 3.8) is 0 Å². The summed E-state index contributed by atoms with van der Waals surface area (Å²) >= 11 is 0.967. The van der Waals surface area contributed by atoms with E-state index in [4.69, 9.17) is 0 Å². The van der Waals surface area contributed by atoms with Gasteiger partial charge in [0.2, 0.25) is 0 Å². The smallest absolute Gasteiger partial charge is 0.290 e. The van der Waals surface area contributed by atoms with Crippen molar-refractivity contribution in [2.24, 2.45) is 0 Å². The van der Waals surface area contributed by atoms with Gasteiger partial charge in [0.15, 0.2) is 0 Å². The third-order valence-corrected chi connectivity index (χ3v) is 5.76. The van der Waals surface area contributed by atoms with Crippen molar-refractivity contribution in [1.82, 2.24) is 5.32 Å². The van der Waals surface area contributed by atoms with Gasteiger partial charge in [-0.15, -0.1) is 0 Å². The predicted octanol–water partition coefficient (Wildman–Crippen LogP) is 4.04. The lowest BCUT2D eigenvalue weighted by Crippen LogP contribution is -2.45. The minimum Gasteiger partial charge on any atom is -0.369 e. The van der Waals surface area contributed by atoms with Gasteiger partial charge in [0.1, 0.15) is 0 Å². The van der Waals surface area contributed by atoms with Gasteiger partial charge in [-0.25, -0.2) is 0 Å². The number of hydrogen-bond donors (Lipinski definition) is 1. The molecule has 0 bridgehead atoms. The third kappa shape index (κ3) is 2.78. The van der Waals surface area contributed by atoms with Gasteiger partial charge in [-0.1, -0.05) is 6.92 Å². The first-order valence-corrected chi connectivity index (χ1v) is 8.64. The summed E-state index contributed by atoms with van der Waals surface area (Å²) in [5, 5.41) is 2.00. The van der Waals surface area contributed by atoms with E-state index in [2.05, 4.69) is 50.2 Å². The molecule has 0 aromatic heterocycles. The molecule has 1 atom stereocenters. The molecule has 1 aromatic carbocycles. The predicted molar refractivity (Wildman–Crippen MR) is 95.8 cm³/mol. The molecule has 2 amide bonds. The zero-order chi connectivity index (χ0) is 16.9. The van der Waals surface area contributed by atoms with Crippen LogP contribution in [0.1, 0.15) is 49.8 Å². The Balaban J connectivity index is 2.06. The van der Waals surface area contributed by atoms with Gasteiger partial charge in [-0.3, -0.25) is 14.9 Å². The van der Waals surface area contributed by atoms with Crippen LogP contribution in [0.5, 0.6) is 0 Å². The van der Waals surface area contributed by atoms with Crippen molar-refractivity contribution in [2.75, 3.05) is 11.9 Å². The molecule has 3 rings (SSSR count). The zero-order valence-corrected chi connectivity index (χ0v) is 15.0. The maximum Gasteiger partial charge on any atom is 0.290 e. The molecule has 1 fully saturated rings. The van der Waals surface area contributed by atoms with E-state index >= 15 is 0 Å². The number of imide groups is 1. The van der Waals surface area contributed by atoms with Crippen molar-refractivity contribution >= 4 is 34.7 Å². The monoisotopic (exact) mass is 330 g/mol. The number of amides is 2. The van der Waals surface area contributed by atoms with E-state index in [0.29, 0.717) is 10.8 Å². The molecule has 4 nitrogen and oxygen atoms in total. The number of hydrogen-bond acceptors (Lipinski definition) is 4. The minimum absolute atomic E-state index is 0.131. The number of benzene rings is 1. The highest BCUT2D eigenvalue weighted by atomic mass is 32.2. The van der Waals surface area contributed by atoms with Crippen LogP contribution in [-0.2, 0) is 4.79 Å². The molecule has 0 spiro atoms. The van der Waals surface area contributed by atoms with Crippen molar-refractivity contribution in [2.45, 2.75) is 45.6 Å². The van der Waals surface area contributed by atoms with Crippen molar-refractivity contribution in [3.05, 3.63) is 33.7 Å². The molecular formula is C18H22N2O2S. The van der Waals surface area contributed by atoms with E-state index in [-0.39, 0.29) is 16.7 Å². The van der Waals surface area contributed by atoms with Crippen LogP contribution in [0.2, 0.25) is 0 Å². The molecule has 0 saturated carbocycles. The highest BCUT2D eigenvalue weighted by Crippen LogP contribution is 2.43. The second kappa shape index (κ2) is 5.41. The maximum absolute atomic E-state index is 11.8. The molecule has 0 radical (unpaired) electrons. The molecular weight excluding hydrogens is 308 g/mol. The number of carbonyl (C=O) groups excluding carboxylic acids is 2. The van der Waals surface area contributed by atoms with Crippen LogP contribution < -0.4 is 10.2 Å². The number of rotatable bonds is 1. The Morgan fingerprint density at radius 2 is 2.04 bits per heavy atom. The zero-order valence-electron chi connectivity index (χ0n) is 14.2. The van der Waals surface area contributed by atoms with E-state index in [1.54, 1.807) is 0 Å². The van der Waals surface area contributed by atoms with E-state index in [9.17, 15) is 9.59 Å². The Hall–Kier alpha value is -1.75. The largest absolute Gasteiger partial charge is 0.369 e. The topological polar surface area (TPSA) is 49.4 Å². The Labute approximate surface area is 141 Å². The summed E-state index contributed by atoms with van der Waals surface area (Å²) in [5.41, 5.74) is 4.82. The lowest BCUT2D eigenvalue weighted by molar-refractivity contribution is -0.115. The quantitative estimate of drug-likeness (QED) is 0.790. The van der Waals surface area contributed by atoms with Gasteiger partial charge in [0.25, 0.3) is 11.1 Å². The molecule has 1 saturated heterocycles. The molecule has 0 aliphatic carbocycles. The number of fused-ring (bicyclic) bond motifs is 1. The molecule has 1 N–H and O–H groups in total. The average Bonchev–Trinajstić information content (AvgIpc) is 2.76. The second-order valence-electron chi connectivity index (χ2n) is 7.10. The molecule has 1 aromatic rings. The van der Waals surface area contributed by atoms with Crippen LogP contribution >= 0.6 is 11.8 Å². The Kier molecular flexibility index (Phi) is 3.79. The summed E-state index contributed by atoms with van der Waals surface area (Å²) in [4.78, 5) is 25.9. The molecule has 23 heavy (non-hydrogen) atoms. The van der Waals surface area contributed by atoms with Gasteiger partial charge in [-0.05, 0) is 79.8 Å². The summed E-state index contributed by atoms with van der Waals surface area (Å²) in [6.07, 6.45) is 2.91. The number of thioether (sulfide) groups is 1. The van der Waals surface area contributed by atoms with Crippen LogP contribution in [-0.4, -0.2) is 23.7 Å². The van der Waals surface area contributed by atoms with E-state index in [1.165, 1.54) is 11.3 Å². The van der Waals surface area contributed by atoms with E-state index < -0.39 is 0 Å². The summed E-state index contributed by atoms with van der Waals surface area (Å²) in [6.45, 7) is 8.83. The number of nitrogens with zero attached hydrogens (tertiary/aromatic N) is 1. The minimum atomic E-state index is -0.302. The molecule has 5 heteroatoms. The van der Waals surface area contributed by atoms with Gasteiger partial charge >= 0.3 is 0 Å². The molecule has 2 aliphatic rings. The standard InChI is InChI=1S/C18H22N2O2S/c1-10-6-14-13(11(2)9-18(3,4)20(14)5)7-12(10)8-15-16(21)19-17(22)23-15/h6-8,11H,9H2,1-5H3,(H,19,21,22)/b15-8-. The Morgan fingerprint density at radius 1 is 1.35 bits per heavy atom. The van der Waals surface area contributed by atoms with Crippen LogP contribution in [0, 0.1) is 6.92 Å². The number of nitrogens with one attached hydrogen (secondary N) is 1. The fourth-order valence-corrected chi connectivity index (χ4v) is 4.13. The second-order valence-corrected chi connectivity index (χ2v) is 8.11. The Morgan fingerprint density at radius 3 is 2.65 bits per heavy atom. The fraction of sp³-hybridized carbons (Fsp3) is 0.444. The van der Waals surface area contributed by atoms with Crippen LogP contribution in [0.4, 0.5) is 10.5 Å². The summed E-state index contributed by atoms with van der Waals surface area (Å²) in [5.74, 6) is 0.157. The van der Waals surface area contributed by atoms with Gasteiger partial charge in [-0.2, -0.15) is 0 Å².